The topological polar surface area (TPSA) is 54.4 Å². The van der Waals surface area contributed by atoms with Crippen molar-refractivity contribution >= 4 is 26.0 Å². The zero-order valence-corrected chi connectivity index (χ0v) is 8.68. The summed E-state index contributed by atoms with van der Waals surface area (Å²) in [4.78, 5) is -0.0584. The molecule has 12 heavy (non-hydrogen) atoms. The predicted octanol–water partition coefficient (Wildman–Crippen LogP) is 2.00. The van der Waals surface area contributed by atoms with E-state index in [1.165, 1.54) is 6.07 Å². The minimum atomic E-state index is -4.09. The number of halogens is 1. The minimum absolute atomic E-state index is 0.0584. The van der Waals surface area contributed by atoms with Crippen molar-refractivity contribution < 1.29 is 13.0 Å². The third-order valence-corrected chi connectivity index (χ3v) is 3.35. The lowest BCUT2D eigenvalue weighted by Crippen LogP contribution is -2.00. The maximum atomic E-state index is 10.7. The summed E-state index contributed by atoms with van der Waals surface area (Å²) in [6.45, 7) is 1.62. The van der Waals surface area contributed by atoms with E-state index in [0.717, 1.165) is 0 Å². The molecule has 66 valence electrons. The lowest BCUT2D eigenvalue weighted by Gasteiger charge is -2.02. The standard InChI is InChI=1S/C7H7BrO3S/c1-5-6(8)3-2-4-7(5)12(9,10)11/h2-4H,1H3,(H,9,10,11). The van der Waals surface area contributed by atoms with Gasteiger partial charge in [0.1, 0.15) is 0 Å². The molecule has 0 aliphatic heterocycles. The summed E-state index contributed by atoms with van der Waals surface area (Å²) in [5.41, 5.74) is 0.514. The van der Waals surface area contributed by atoms with Gasteiger partial charge in [-0.05, 0) is 24.6 Å². The van der Waals surface area contributed by atoms with Crippen molar-refractivity contribution in [3.05, 3.63) is 28.2 Å². The Kier molecular flexibility index (Phi) is 2.55. The van der Waals surface area contributed by atoms with Crippen LogP contribution in [0.25, 0.3) is 0 Å². The molecule has 0 heterocycles. The molecule has 5 heteroatoms. The van der Waals surface area contributed by atoms with Crippen LogP contribution in [0.3, 0.4) is 0 Å². The first-order valence-corrected chi connectivity index (χ1v) is 5.39. The lowest BCUT2D eigenvalue weighted by molar-refractivity contribution is 0.482. The molecule has 0 saturated carbocycles. The van der Waals surface area contributed by atoms with Crippen molar-refractivity contribution in [3.8, 4) is 0 Å². The molecule has 0 unspecified atom stereocenters. The van der Waals surface area contributed by atoms with Crippen LogP contribution in [0.15, 0.2) is 27.6 Å². The quantitative estimate of drug-likeness (QED) is 0.776. The van der Waals surface area contributed by atoms with Crippen LogP contribution < -0.4 is 0 Å². The summed E-state index contributed by atoms with van der Waals surface area (Å²) in [6.07, 6.45) is 0. The highest BCUT2D eigenvalue weighted by Gasteiger charge is 2.13. The highest BCUT2D eigenvalue weighted by atomic mass is 79.9. The highest BCUT2D eigenvalue weighted by molar-refractivity contribution is 9.10. The van der Waals surface area contributed by atoms with Gasteiger partial charge in [0.2, 0.25) is 0 Å². The predicted molar refractivity (Wildman–Crippen MR) is 48.7 cm³/mol. The van der Waals surface area contributed by atoms with E-state index in [-0.39, 0.29) is 4.90 Å². The van der Waals surface area contributed by atoms with Crippen LogP contribution in [0.1, 0.15) is 5.56 Å². The Hall–Kier alpha value is -0.390. The first-order chi connectivity index (χ1) is 5.43. The van der Waals surface area contributed by atoms with Crippen LogP contribution in [0, 0.1) is 6.92 Å². The zero-order valence-electron chi connectivity index (χ0n) is 6.28. The van der Waals surface area contributed by atoms with Crippen LogP contribution in [0.4, 0.5) is 0 Å². The van der Waals surface area contributed by atoms with Gasteiger partial charge in [-0.1, -0.05) is 22.0 Å². The summed E-state index contributed by atoms with van der Waals surface area (Å²) in [6, 6.07) is 4.62. The fourth-order valence-corrected chi connectivity index (χ4v) is 2.11. The average Bonchev–Trinajstić information content (AvgIpc) is 1.92. The van der Waals surface area contributed by atoms with Crippen LogP contribution in [0.2, 0.25) is 0 Å². The molecule has 0 radical (unpaired) electrons. The third-order valence-electron chi connectivity index (χ3n) is 1.50. The van der Waals surface area contributed by atoms with E-state index in [0.29, 0.717) is 10.0 Å². The van der Waals surface area contributed by atoms with Gasteiger partial charge in [-0.15, -0.1) is 0 Å². The van der Waals surface area contributed by atoms with Gasteiger partial charge < -0.3 is 0 Å². The van der Waals surface area contributed by atoms with Gasteiger partial charge in [-0.3, -0.25) is 4.55 Å². The monoisotopic (exact) mass is 250 g/mol. The summed E-state index contributed by atoms with van der Waals surface area (Å²) in [5, 5.41) is 0. The first kappa shape index (κ1) is 9.70. The maximum Gasteiger partial charge on any atom is 0.294 e. The van der Waals surface area contributed by atoms with E-state index in [9.17, 15) is 8.42 Å². The van der Waals surface area contributed by atoms with Gasteiger partial charge in [0.05, 0.1) is 4.90 Å². The Bertz CT molecular complexity index is 397. The molecule has 1 N–H and O–H groups in total. The minimum Gasteiger partial charge on any atom is -0.282 e. The molecule has 0 spiro atoms. The summed E-state index contributed by atoms with van der Waals surface area (Å²) in [5.74, 6) is 0. The lowest BCUT2D eigenvalue weighted by atomic mass is 10.2. The molecule has 0 aliphatic carbocycles. The average molecular weight is 251 g/mol. The molecule has 1 aromatic carbocycles. The fourth-order valence-electron chi connectivity index (χ4n) is 0.867. The number of rotatable bonds is 1. The SMILES string of the molecule is Cc1c(Br)cccc1S(=O)(=O)O. The van der Waals surface area contributed by atoms with Gasteiger partial charge in [0.25, 0.3) is 10.1 Å². The number of hydrogen-bond acceptors (Lipinski definition) is 2. The van der Waals surface area contributed by atoms with Gasteiger partial charge in [-0.25, -0.2) is 0 Å². The van der Waals surface area contributed by atoms with Crippen molar-refractivity contribution in [2.75, 3.05) is 0 Å². The van der Waals surface area contributed by atoms with Crippen molar-refractivity contribution in [2.24, 2.45) is 0 Å². The van der Waals surface area contributed by atoms with Crippen molar-refractivity contribution in [1.29, 1.82) is 0 Å². The molecular weight excluding hydrogens is 244 g/mol. The zero-order chi connectivity index (χ0) is 9.35. The van der Waals surface area contributed by atoms with Crippen molar-refractivity contribution in [1.82, 2.24) is 0 Å². The molecule has 1 rings (SSSR count). The Balaban J connectivity index is 3.47. The van der Waals surface area contributed by atoms with E-state index in [2.05, 4.69) is 15.9 Å². The second-order valence-electron chi connectivity index (χ2n) is 2.34. The van der Waals surface area contributed by atoms with Crippen LogP contribution >= 0.6 is 15.9 Å². The van der Waals surface area contributed by atoms with E-state index in [1.54, 1.807) is 19.1 Å². The molecule has 0 amide bonds. The molecule has 0 aromatic heterocycles. The largest absolute Gasteiger partial charge is 0.294 e. The molecular formula is C7H7BrO3S. The van der Waals surface area contributed by atoms with Gasteiger partial charge >= 0.3 is 0 Å². The third kappa shape index (κ3) is 1.85. The molecule has 0 atom stereocenters. The molecule has 0 saturated heterocycles. The number of benzene rings is 1. The first-order valence-electron chi connectivity index (χ1n) is 3.15. The Morgan fingerprint density at radius 3 is 2.42 bits per heavy atom. The second-order valence-corrected chi connectivity index (χ2v) is 4.58. The van der Waals surface area contributed by atoms with E-state index in [1.807, 2.05) is 0 Å². The van der Waals surface area contributed by atoms with Gasteiger partial charge in [0.15, 0.2) is 0 Å². The summed E-state index contributed by atoms with van der Waals surface area (Å²) >= 11 is 3.16. The molecule has 3 nitrogen and oxygen atoms in total. The van der Waals surface area contributed by atoms with Gasteiger partial charge in [-0.2, -0.15) is 8.42 Å². The van der Waals surface area contributed by atoms with Crippen molar-refractivity contribution in [2.45, 2.75) is 11.8 Å². The smallest absolute Gasteiger partial charge is 0.282 e. The van der Waals surface area contributed by atoms with Crippen LogP contribution in [-0.4, -0.2) is 13.0 Å². The van der Waals surface area contributed by atoms with E-state index in [4.69, 9.17) is 4.55 Å². The molecule has 1 aromatic rings. The second kappa shape index (κ2) is 3.16. The van der Waals surface area contributed by atoms with Gasteiger partial charge in [0, 0.05) is 4.47 Å². The normalized spacial score (nSPS) is 11.6. The highest BCUT2D eigenvalue weighted by Crippen LogP contribution is 2.22. The maximum absolute atomic E-state index is 10.7. The van der Waals surface area contributed by atoms with Crippen molar-refractivity contribution in [3.63, 3.8) is 0 Å². The Labute approximate surface area is 79.3 Å². The van der Waals surface area contributed by atoms with E-state index >= 15 is 0 Å². The van der Waals surface area contributed by atoms with Crippen LogP contribution in [-0.2, 0) is 10.1 Å². The number of hydrogen-bond donors (Lipinski definition) is 1. The van der Waals surface area contributed by atoms with E-state index < -0.39 is 10.1 Å². The molecule has 0 fully saturated rings. The summed E-state index contributed by atoms with van der Waals surface area (Å²) < 4.78 is 30.9. The Morgan fingerprint density at radius 1 is 1.42 bits per heavy atom. The Morgan fingerprint density at radius 2 is 2.00 bits per heavy atom. The summed E-state index contributed by atoms with van der Waals surface area (Å²) in [7, 11) is -4.09. The fraction of sp³-hybridized carbons (Fsp3) is 0.143. The molecule has 0 bridgehead atoms. The van der Waals surface area contributed by atoms with Crippen LogP contribution in [0.5, 0.6) is 0 Å². The molecule has 0 aliphatic rings.